The maximum atomic E-state index is 14.7. The van der Waals surface area contributed by atoms with E-state index >= 15 is 0 Å². The van der Waals surface area contributed by atoms with Gasteiger partial charge in [0.05, 0.1) is 18.1 Å². The number of para-hydroxylation sites is 1. The molecule has 3 heterocycles. The minimum Gasteiger partial charge on any atom is -0.489 e. The highest BCUT2D eigenvalue weighted by atomic mass is 32.1. The molecule has 8 heteroatoms. The smallest absolute Gasteiger partial charge is 0.262 e. The molecule has 1 N–H and O–H groups in total. The Labute approximate surface area is 200 Å². The second kappa shape index (κ2) is 10.2. The normalized spacial score (nSPS) is 13.7. The van der Waals surface area contributed by atoms with Crippen LogP contribution in [0.15, 0.2) is 66.9 Å². The van der Waals surface area contributed by atoms with Crippen LogP contribution in [-0.2, 0) is 17.9 Å². The lowest BCUT2D eigenvalue weighted by molar-refractivity contribution is 0.0952. The number of halogens is 1. The Kier molecular flexibility index (Phi) is 6.69. The van der Waals surface area contributed by atoms with E-state index in [0.29, 0.717) is 46.0 Å². The summed E-state index contributed by atoms with van der Waals surface area (Å²) in [5, 5.41) is 3.39. The first-order valence-electron chi connectivity index (χ1n) is 11.1. The van der Waals surface area contributed by atoms with Gasteiger partial charge in [-0.25, -0.2) is 9.37 Å². The molecule has 1 aliphatic heterocycles. The van der Waals surface area contributed by atoms with Crippen molar-refractivity contribution in [2.45, 2.75) is 13.2 Å². The highest BCUT2D eigenvalue weighted by Gasteiger charge is 2.21. The van der Waals surface area contributed by atoms with E-state index in [0.717, 1.165) is 24.5 Å². The van der Waals surface area contributed by atoms with Gasteiger partial charge in [-0.2, -0.15) is 0 Å². The first-order valence-corrected chi connectivity index (χ1v) is 11.9. The van der Waals surface area contributed by atoms with Crippen LogP contribution in [0.1, 0.15) is 20.8 Å². The van der Waals surface area contributed by atoms with Gasteiger partial charge in [-0.3, -0.25) is 4.79 Å². The van der Waals surface area contributed by atoms with Crippen molar-refractivity contribution in [3.05, 3.63) is 88.7 Å². The zero-order chi connectivity index (χ0) is 23.3. The molecule has 2 aromatic heterocycles. The second-order valence-electron chi connectivity index (χ2n) is 7.93. The van der Waals surface area contributed by atoms with Crippen LogP contribution in [0, 0.1) is 5.82 Å². The maximum Gasteiger partial charge on any atom is 0.262 e. The number of rotatable bonds is 7. The Morgan fingerprint density at radius 2 is 1.91 bits per heavy atom. The van der Waals surface area contributed by atoms with E-state index in [1.807, 2.05) is 48.5 Å². The van der Waals surface area contributed by atoms with Crippen molar-refractivity contribution in [1.82, 2.24) is 10.3 Å². The first-order chi connectivity index (χ1) is 16.7. The van der Waals surface area contributed by atoms with Crippen molar-refractivity contribution in [2.24, 2.45) is 0 Å². The number of amides is 1. The Balaban J connectivity index is 1.32. The molecular formula is C26H24FN3O3S. The second-order valence-corrected chi connectivity index (χ2v) is 8.98. The van der Waals surface area contributed by atoms with E-state index in [9.17, 15) is 9.18 Å². The Hall–Kier alpha value is -3.49. The number of nitrogens with zero attached hydrogens (tertiary/aromatic N) is 2. The molecule has 4 aromatic rings. The summed E-state index contributed by atoms with van der Waals surface area (Å²) in [7, 11) is 0. The average Bonchev–Trinajstić information content (AvgIpc) is 3.27. The van der Waals surface area contributed by atoms with Crippen molar-refractivity contribution >= 4 is 33.1 Å². The number of pyridine rings is 1. The molecule has 0 atom stereocenters. The maximum absolute atomic E-state index is 14.7. The summed E-state index contributed by atoms with van der Waals surface area (Å²) in [5.41, 5.74) is 1.44. The van der Waals surface area contributed by atoms with Crippen LogP contribution >= 0.6 is 11.3 Å². The van der Waals surface area contributed by atoms with Crippen LogP contribution in [-0.4, -0.2) is 37.2 Å². The molecule has 0 bridgehead atoms. The molecular weight excluding hydrogens is 453 g/mol. The molecule has 0 radical (unpaired) electrons. The standard InChI is InChI=1S/C26H24FN3O3S/c27-21-7-4-8-22-24(21)20(17-33-19-5-2-1-3-6-19)25(34-22)26(31)29-16-18-9-10-23(28-15-18)30-11-13-32-14-12-30/h1-10,15H,11-14,16-17H2,(H,29,31). The highest BCUT2D eigenvalue weighted by Crippen LogP contribution is 2.34. The third-order valence-corrected chi connectivity index (χ3v) is 6.89. The molecule has 1 saturated heterocycles. The van der Waals surface area contributed by atoms with E-state index in [-0.39, 0.29) is 18.3 Å². The van der Waals surface area contributed by atoms with E-state index in [4.69, 9.17) is 9.47 Å². The van der Waals surface area contributed by atoms with Gasteiger partial charge in [-0.15, -0.1) is 11.3 Å². The van der Waals surface area contributed by atoms with Crippen molar-refractivity contribution in [3.8, 4) is 5.75 Å². The van der Waals surface area contributed by atoms with Gasteiger partial charge in [0.1, 0.15) is 24.0 Å². The fourth-order valence-electron chi connectivity index (χ4n) is 3.92. The summed E-state index contributed by atoms with van der Waals surface area (Å²) in [6, 6.07) is 18.1. The largest absolute Gasteiger partial charge is 0.489 e. The number of carbonyl (C=O) groups is 1. The fourth-order valence-corrected chi connectivity index (χ4v) is 5.06. The predicted molar refractivity (Wildman–Crippen MR) is 131 cm³/mol. The number of hydrogen-bond acceptors (Lipinski definition) is 6. The average molecular weight is 478 g/mol. The number of fused-ring (bicyclic) bond motifs is 1. The van der Waals surface area contributed by atoms with Crippen molar-refractivity contribution in [1.29, 1.82) is 0 Å². The summed E-state index contributed by atoms with van der Waals surface area (Å²) in [6.45, 7) is 3.46. The number of carbonyl (C=O) groups excluding carboxylic acids is 1. The Morgan fingerprint density at radius 3 is 2.68 bits per heavy atom. The first kappa shape index (κ1) is 22.3. The van der Waals surface area contributed by atoms with Gasteiger partial charge in [0.15, 0.2) is 0 Å². The fraction of sp³-hybridized carbons (Fsp3) is 0.231. The Morgan fingerprint density at radius 1 is 1.09 bits per heavy atom. The van der Waals surface area contributed by atoms with Crippen LogP contribution in [0.5, 0.6) is 5.75 Å². The quantitative estimate of drug-likeness (QED) is 0.415. The number of nitrogens with one attached hydrogen (secondary N) is 1. The summed E-state index contributed by atoms with van der Waals surface area (Å²) >= 11 is 1.27. The van der Waals surface area contributed by atoms with E-state index in [1.54, 1.807) is 12.3 Å². The van der Waals surface area contributed by atoms with Crippen LogP contribution in [0.4, 0.5) is 10.2 Å². The van der Waals surface area contributed by atoms with Crippen LogP contribution in [0.3, 0.4) is 0 Å². The van der Waals surface area contributed by atoms with Gasteiger partial charge in [-0.1, -0.05) is 30.3 Å². The number of thiophene rings is 1. The molecule has 34 heavy (non-hydrogen) atoms. The lowest BCUT2D eigenvalue weighted by Crippen LogP contribution is -2.36. The summed E-state index contributed by atoms with van der Waals surface area (Å²) < 4.78 is 26.7. The van der Waals surface area contributed by atoms with Gasteiger partial charge < -0.3 is 19.7 Å². The summed E-state index contributed by atoms with van der Waals surface area (Å²) in [5.74, 6) is 0.946. The zero-order valence-corrected chi connectivity index (χ0v) is 19.3. The Bertz CT molecular complexity index is 1270. The van der Waals surface area contributed by atoms with E-state index in [2.05, 4.69) is 15.2 Å². The molecule has 0 spiro atoms. The third kappa shape index (κ3) is 4.88. The van der Waals surface area contributed by atoms with Gasteiger partial charge in [0.2, 0.25) is 0 Å². The SMILES string of the molecule is O=C(NCc1ccc(N2CCOCC2)nc1)c1sc2cccc(F)c2c1COc1ccccc1. The molecule has 1 amide bonds. The molecule has 6 nitrogen and oxygen atoms in total. The van der Waals surface area contributed by atoms with Crippen molar-refractivity contribution in [3.63, 3.8) is 0 Å². The number of morpholine rings is 1. The highest BCUT2D eigenvalue weighted by molar-refractivity contribution is 7.21. The number of hydrogen-bond donors (Lipinski definition) is 1. The van der Waals surface area contributed by atoms with Crippen molar-refractivity contribution in [2.75, 3.05) is 31.2 Å². The van der Waals surface area contributed by atoms with E-state index in [1.165, 1.54) is 17.4 Å². The number of ether oxygens (including phenoxy) is 2. The van der Waals surface area contributed by atoms with E-state index < -0.39 is 0 Å². The van der Waals surface area contributed by atoms with Gasteiger partial charge in [0.25, 0.3) is 5.91 Å². The molecule has 0 saturated carbocycles. The summed E-state index contributed by atoms with van der Waals surface area (Å²) in [4.78, 5) is 20.3. The predicted octanol–water partition coefficient (Wildman–Crippen LogP) is 4.78. The number of aromatic nitrogens is 1. The minimum absolute atomic E-state index is 0.101. The summed E-state index contributed by atoms with van der Waals surface area (Å²) in [6.07, 6.45) is 1.77. The van der Waals surface area contributed by atoms with Crippen LogP contribution < -0.4 is 15.0 Å². The third-order valence-electron chi connectivity index (χ3n) is 5.69. The molecule has 1 fully saturated rings. The van der Waals surface area contributed by atoms with Gasteiger partial charge in [0, 0.05) is 41.5 Å². The lowest BCUT2D eigenvalue weighted by atomic mass is 10.1. The number of benzene rings is 2. The molecule has 0 aliphatic carbocycles. The molecule has 5 rings (SSSR count). The molecule has 0 unspecified atom stereocenters. The monoisotopic (exact) mass is 477 g/mol. The van der Waals surface area contributed by atoms with Crippen LogP contribution in [0.25, 0.3) is 10.1 Å². The molecule has 1 aliphatic rings. The number of anilines is 1. The zero-order valence-electron chi connectivity index (χ0n) is 18.5. The van der Waals surface area contributed by atoms with Crippen LogP contribution in [0.2, 0.25) is 0 Å². The molecule has 174 valence electrons. The topological polar surface area (TPSA) is 63.7 Å². The molecule has 2 aromatic carbocycles. The van der Waals surface area contributed by atoms with Gasteiger partial charge in [-0.05, 0) is 35.9 Å². The lowest BCUT2D eigenvalue weighted by Gasteiger charge is -2.27. The van der Waals surface area contributed by atoms with Gasteiger partial charge >= 0.3 is 0 Å². The minimum atomic E-state index is -0.359. The van der Waals surface area contributed by atoms with Crippen molar-refractivity contribution < 1.29 is 18.7 Å².